The van der Waals surface area contributed by atoms with Gasteiger partial charge in [-0.05, 0) is 31.2 Å². The lowest BCUT2D eigenvalue weighted by atomic mass is 10.3. The molecule has 0 saturated heterocycles. The highest BCUT2D eigenvalue weighted by molar-refractivity contribution is 8.00. The normalized spacial score (nSPS) is 10.1. The van der Waals surface area contributed by atoms with E-state index in [1.807, 2.05) is 55.5 Å². The molecule has 110 valence electrons. The molecule has 0 spiro atoms. The lowest BCUT2D eigenvalue weighted by molar-refractivity contribution is -0.113. The molecule has 2 rings (SSSR count). The molecule has 0 bridgehead atoms. The van der Waals surface area contributed by atoms with Gasteiger partial charge in [-0.2, -0.15) is 0 Å². The number of carbonyl (C=O) groups excluding carboxylic acids is 1. The van der Waals surface area contributed by atoms with Crippen LogP contribution in [0, 0.1) is 0 Å². The summed E-state index contributed by atoms with van der Waals surface area (Å²) in [6.07, 6.45) is 0. The Labute approximate surface area is 128 Å². The molecule has 0 aliphatic rings. The number of amides is 1. The van der Waals surface area contributed by atoms with Gasteiger partial charge in [-0.15, -0.1) is 11.8 Å². The Bertz CT molecular complexity index is 617. The smallest absolute Gasteiger partial charge is 0.234 e. The minimum absolute atomic E-state index is 0.0876. The van der Waals surface area contributed by atoms with Crippen molar-refractivity contribution < 1.29 is 9.53 Å². The number of benzene rings is 2. The zero-order valence-electron chi connectivity index (χ0n) is 11.8. The molecule has 21 heavy (non-hydrogen) atoms. The number of nitrogen functional groups attached to an aromatic ring is 1. The third kappa shape index (κ3) is 4.43. The number of carbonyl (C=O) groups is 1. The summed E-state index contributed by atoms with van der Waals surface area (Å²) in [4.78, 5) is 12.9. The van der Waals surface area contributed by atoms with Crippen molar-refractivity contribution in [1.82, 2.24) is 0 Å². The van der Waals surface area contributed by atoms with Crippen LogP contribution in [-0.4, -0.2) is 18.3 Å². The van der Waals surface area contributed by atoms with Crippen LogP contribution in [0.4, 0.5) is 11.4 Å². The fourth-order valence-corrected chi connectivity index (χ4v) is 2.56. The molecule has 0 radical (unpaired) electrons. The van der Waals surface area contributed by atoms with E-state index in [9.17, 15) is 4.79 Å². The number of para-hydroxylation sites is 3. The number of thioether (sulfide) groups is 1. The first-order chi connectivity index (χ1) is 10.2. The first-order valence-electron chi connectivity index (χ1n) is 6.69. The highest BCUT2D eigenvalue weighted by Crippen LogP contribution is 2.26. The monoisotopic (exact) mass is 302 g/mol. The van der Waals surface area contributed by atoms with Crippen LogP contribution in [0.1, 0.15) is 6.92 Å². The van der Waals surface area contributed by atoms with Gasteiger partial charge in [-0.1, -0.05) is 24.3 Å². The molecule has 3 N–H and O–H groups in total. The van der Waals surface area contributed by atoms with Gasteiger partial charge in [0.05, 0.1) is 18.0 Å². The number of nitrogens with one attached hydrogen (secondary N) is 1. The molecule has 0 aliphatic heterocycles. The summed E-state index contributed by atoms with van der Waals surface area (Å²) in [7, 11) is 0. The first-order valence-corrected chi connectivity index (χ1v) is 7.68. The molecule has 0 heterocycles. The van der Waals surface area contributed by atoms with Crippen molar-refractivity contribution in [3.8, 4) is 5.75 Å². The Morgan fingerprint density at radius 2 is 1.90 bits per heavy atom. The van der Waals surface area contributed by atoms with Gasteiger partial charge in [-0.25, -0.2) is 0 Å². The van der Waals surface area contributed by atoms with E-state index in [0.29, 0.717) is 29.5 Å². The second-order valence-electron chi connectivity index (χ2n) is 4.30. The summed E-state index contributed by atoms with van der Waals surface area (Å²) < 4.78 is 5.48. The van der Waals surface area contributed by atoms with Crippen LogP contribution in [0.25, 0.3) is 0 Å². The van der Waals surface area contributed by atoms with Crippen LogP contribution in [-0.2, 0) is 4.79 Å². The van der Waals surface area contributed by atoms with Crippen molar-refractivity contribution in [2.75, 3.05) is 23.4 Å². The molecule has 0 saturated carbocycles. The lowest BCUT2D eigenvalue weighted by Gasteiger charge is -2.11. The van der Waals surface area contributed by atoms with Gasteiger partial charge >= 0.3 is 0 Å². The van der Waals surface area contributed by atoms with E-state index in [4.69, 9.17) is 10.5 Å². The molecule has 2 aromatic carbocycles. The number of nitrogens with two attached hydrogens (primary N) is 1. The average Bonchev–Trinajstić information content (AvgIpc) is 2.49. The maximum Gasteiger partial charge on any atom is 0.234 e. The molecule has 0 aromatic heterocycles. The van der Waals surface area contributed by atoms with Gasteiger partial charge in [0.25, 0.3) is 0 Å². The predicted molar refractivity (Wildman–Crippen MR) is 87.8 cm³/mol. The van der Waals surface area contributed by atoms with E-state index < -0.39 is 0 Å². The molecule has 0 fully saturated rings. The molecular weight excluding hydrogens is 284 g/mol. The highest BCUT2D eigenvalue weighted by atomic mass is 32.2. The topological polar surface area (TPSA) is 64.3 Å². The summed E-state index contributed by atoms with van der Waals surface area (Å²) in [6, 6.07) is 14.9. The molecule has 5 heteroatoms. The van der Waals surface area contributed by atoms with Crippen molar-refractivity contribution in [1.29, 1.82) is 0 Å². The molecule has 4 nitrogen and oxygen atoms in total. The third-order valence-electron chi connectivity index (χ3n) is 2.74. The summed E-state index contributed by atoms with van der Waals surface area (Å²) >= 11 is 1.42. The molecule has 1 amide bonds. The molecule has 0 atom stereocenters. The van der Waals surface area contributed by atoms with Crippen LogP contribution in [0.3, 0.4) is 0 Å². The van der Waals surface area contributed by atoms with Crippen molar-refractivity contribution in [2.45, 2.75) is 11.8 Å². The quantitative estimate of drug-likeness (QED) is 0.634. The van der Waals surface area contributed by atoms with Crippen molar-refractivity contribution in [2.24, 2.45) is 0 Å². The summed E-state index contributed by atoms with van der Waals surface area (Å²) in [5.41, 5.74) is 7.22. The Hall–Kier alpha value is -2.14. The van der Waals surface area contributed by atoms with Crippen LogP contribution >= 0.6 is 11.8 Å². The van der Waals surface area contributed by atoms with E-state index >= 15 is 0 Å². The van der Waals surface area contributed by atoms with E-state index in [2.05, 4.69) is 5.32 Å². The molecule has 0 aliphatic carbocycles. The summed E-state index contributed by atoms with van der Waals surface area (Å²) in [5.74, 6) is 0.891. The summed E-state index contributed by atoms with van der Waals surface area (Å²) in [6.45, 7) is 2.47. The average molecular weight is 302 g/mol. The van der Waals surface area contributed by atoms with Crippen LogP contribution in [0.2, 0.25) is 0 Å². The Morgan fingerprint density at radius 1 is 1.19 bits per heavy atom. The zero-order chi connectivity index (χ0) is 15.1. The fraction of sp³-hybridized carbons (Fsp3) is 0.188. The molecule has 2 aromatic rings. The van der Waals surface area contributed by atoms with Gasteiger partial charge in [0.15, 0.2) is 0 Å². The Balaban J connectivity index is 1.95. The number of rotatable bonds is 6. The maximum atomic E-state index is 12.0. The minimum Gasteiger partial charge on any atom is -0.492 e. The standard InChI is InChI=1S/C16H18N2O2S/c1-2-20-14-9-5-4-8-13(14)18-16(19)11-21-15-10-6-3-7-12(15)17/h3-10H,2,11,17H2,1H3,(H,18,19). The predicted octanol–water partition coefficient (Wildman–Crippen LogP) is 3.40. The van der Waals surface area contributed by atoms with Gasteiger partial charge in [0.1, 0.15) is 5.75 Å². The number of hydrogen-bond acceptors (Lipinski definition) is 4. The minimum atomic E-state index is -0.0876. The van der Waals surface area contributed by atoms with Crippen LogP contribution in [0.5, 0.6) is 5.75 Å². The first kappa shape index (κ1) is 15.3. The molecular formula is C16H18N2O2S. The highest BCUT2D eigenvalue weighted by Gasteiger charge is 2.08. The van der Waals surface area contributed by atoms with Crippen molar-refractivity contribution in [3.05, 3.63) is 48.5 Å². The van der Waals surface area contributed by atoms with Crippen molar-refractivity contribution >= 4 is 29.0 Å². The summed E-state index contributed by atoms with van der Waals surface area (Å²) in [5, 5.41) is 2.86. The van der Waals surface area contributed by atoms with E-state index in [0.717, 1.165) is 4.90 Å². The molecule has 0 unspecified atom stereocenters. The van der Waals surface area contributed by atoms with Gasteiger partial charge in [0.2, 0.25) is 5.91 Å². The number of ether oxygens (including phenoxy) is 1. The SMILES string of the molecule is CCOc1ccccc1NC(=O)CSc1ccccc1N. The number of anilines is 2. The van der Waals surface area contributed by atoms with Gasteiger partial charge < -0.3 is 15.8 Å². The number of hydrogen-bond donors (Lipinski definition) is 2. The van der Waals surface area contributed by atoms with E-state index in [-0.39, 0.29) is 5.91 Å². The second kappa shape index (κ2) is 7.59. The van der Waals surface area contributed by atoms with Crippen molar-refractivity contribution in [3.63, 3.8) is 0 Å². The van der Waals surface area contributed by atoms with E-state index in [1.54, 1.807) is 0 Å². The Kier molecular flexibility index (Phi) is 5.51. The lowest BCUT2D eigenvalue weighted by Crippen LogP contribution is -2.15. The van der Waals surface area contributed by atoms with Gasteiger partial charge in [-0.3, -0.25) is 4.79 Å². The second-order valence-corrected chi connectivity index (χ2v) is 5.32. The van der Waals surface area contributed by atoms with Gasteiger partial charge in [0, 0.05) is 10.6 Å². The fourth-order valence-electron chi connectivity index (χ4n) is 1.79. The largest absolute Gasteiger partial charge is 0.492 e. The van der Waals surface area contributed by atoms with E-state index in [1.165, 1.54) is 11.8 Å². The van der Waals surface area contributed by atoms with Crippen LogP contribution in [0.15, 0.2) is 53.4 Å². The third-order valence-corrected chi connectivity index (χ3v) is 3.83. The Morgan fingerprint density at radius 3 is 2.67 bits per heavy atom. The van der Waals surface area contributed by atoms with Crippen LogP contribution < -0.4 is 15.8 Å². The maximum absolute atomic E-state index is 12.0. The zero-order valence-corrected chi connectivity index (χ0v) is 12.7.